The van der Waals surface area contributed by atoms with Gasteiger partial charge in [-0.25, -0.2) is 4.39 Å². The zero-order valence-corrected chi connectivity index (χ0v) is 11.4. The number of rotatable bonds is 5. The van der Waals surface area contributed by atoms with E-state index in [2.05, 4.69) is 15.9 Å². The number of hydrogen-bond acceptors (Lipinski definition) is 2. The normalized spacial score (nSPS) is 10.2. The molecule has 0 fully saturated rings. The predicted molar refractivity (Wildman–Crippen MR) is 67.9 cm³/mol. The molecule has 0 atom stereocenters. The average molecular weight is 318 g/mol. The van der Waals surface area contributed by atoms with Crippen molar-refractivity contribution in [3.63, 3.8) is 0 Å². The van der Waals surface area contributed by atoms with E-state index in [4.69, 9.17) is 5.11 Å². The molecule has 0 spiro atoms. The highest BCUT2D eigenvalue weighted by molar-refractivity contribution is 9.10. The lowest BCUT2D eigenvalue weighted by Gasteiger charge is -2.20. The molecule has 0 heterocycles. The maximum absolute atomic E-state index is 13.2. The lowest BCUT2D eigenvalue weighted by Crippen LogP contribution is -2.36. The van der Waals surface area contributed by atoms with Crippen molar-refractivity contribution in [3.05, 3.63) is 34.1 Å². The summed E-state index contributed by atoms with van der Waals surface area (Å²) in [6, 6.07) is 3.80. The Hall–Kier alpha value is -1.43. The molecule has 6 heteroatoms. The largest absolute Gasteiger partial charge is 0.480 e. The summed E-state index contributed by atoms with van der Waals surface area (Å²) in [6.45, 7) is 1.77. The van der Waals surface area contributed by atoms with Crippen molar-refractivity contribution in [2.45, 2.75) is 13.3 Å². The van der Waals surface area contributed by atoms with Crippen LogP contribution in [-0.4, -0.2) is 35.0 Å². The molecule has 1 N–H and O–H groups in total. The van der Waals surface area contributed by atoms with Crippen LogP contribution in [0.5, 0.6) is 0 Å². The maximum atomic E-state index is 13.2. The molecule has 18 heavy (non-hydrogen) atoms. The molecule has 98 valence electrons. The van der Waals surface area contributed by atoms with Gasteiger partial charge in [0.25, 0.3) is 5.91 Å². The third-order valence-corrected chi connectivity index (χ3v) is 2.67. The summed E-state index contributed by atoms with van der Waals surface area (Å²) in [7, 11) is 0. The lowest BCUT2D eigenvalue weighted by molar-refractivity contribution is -0.137. The minimum absolute atomic E-state index is 0.136. The highest BCUT2D eigenvalue weighted by atomic mass is 79.9. The standard InChI is InChI=1S/C12H13BrFNO3/c1-2-3-15(7-11(16)17)12(18)8-4-9(13)6-10(14)5-8/h4-6H,2-3,7H2,1H3,(H,16,17). The van der Waals surface area contributed by atoms with Crippen molar-refractivity contribution in [2.75, 3.05) is 13.1 Å². The van der Waals surface area contributed by atoms with Gasteiger partial charge in [-0.1, -0.05) is 22.9 Å². The first-order valence-corrected chi connectivity index (χ1v) is 6.20. The molecule has 4 nitrogen and oxygen atoms in total. The first-order valence-electron chi connectivity index (χ1n) is 5.41. The third kappa shape index (κ3) is 4.10. The highest BCUT2D eigenvalue weighted by Gasteiger charge is 2.18. The van der Waals surface area contributed by atoms with Crippen molar-refractivity contribution in [1.29, 1.82) is 0 Å². The molecule has 0 saturated heterocycles. The molecule has 1 rings (SSSR count). The van der Waals surface area contributed by atoms with E-state index in [1.165, 1.54) is 17.0 Å². The molecule has 0 aromatic heterocycles. The summed E-state index contributed by atoms with van der Waals surface area (Å²) in [5, 5.41) is 8.74. The molecule has 0 aliphatic rings. The Labute approximate surface area is 113 Å². The molecule has 1 aromatic rings. The first kappa shape index (κ1) is 14.6. The lowest BCUT2D eigenvalue weighted by atomic mass is 10.2. The van der Waals surface area contributed by atoms with Crippen LogP contribution in [0, 0.1) is 5.82 Å². The molecule has 1 amide bonds. The number of carboxylic acid groups (broad SMARTS) is 1. The molecule has 0 saturated carbocycles. The number of hydrogen-bond donors (Lipinski definition) is 1. The van der Waals surface area contributed by atoms with Gasteiger partial charge in [-0.15, -0.1) is 0 Å². The highest BCUT2D eigenvalue weighted by Crippen LogP contribution is 2.16. The minimum Gasteiger partial charge on any atom is -0.480 e. The second-order valence-corrected chi connectivity index (χ2v) is 4.69. The van der Waals surface area contributed by atoms with Crippen LogP contribution in [0.15, 0.2) is 22.7 Å². The quantitative estimate of drug-likeness (QED) is 0.907. The van der Waals surface area contributed by atoms with Crippen LogP contribution >= 0.6 is 15.9 Å². The molecule has 0 radical (unpaired) electrons. The number of carbonyl (C=O) groups excluding carboxylic acids is 1. The van der Waals surface area contributed by atoms with Gasteiger partial charge in [0.1, 0.15) is 12.4 Å². The Bertz CT molecular complexity index is 444. The van der Waals surface area contributed by atoms with Crippen molar-refractivity contribution in [1.82, 2.24) is 4.90 Å². The van der Waals surface area contributed by atoms with Crippen molar-refractivity contribution < 1.29 is 19.1 Å². The van der Waals surface area contributed by atoms with E-state index in [1.54, 1.807) is 0 Å². The summed E-state index contributed by atoms with van der Waals surface area (Å²) < 4.78 is 13.6. The fourth-order valence-corrected chi connectivity index (χ4v) is 2.01. The zero-order valence-electron chi connectivity index (χ0n) is 9.82. The Kier molecular flexibility index (Phi) is 5.27. The van der Waals surface area contributed by atoms with Gasteiger partial charge in [-0.3, -0.25) is 9.59 Å². The number of halogens is 2. The smallest absolute Gasteiger partial charge is 0.323 e. The summed E-state index contributed by atoms with van der Waals surface area (Å²) in [5.74, 6) is -2.12. The Balaban J connectivity index is 2.97. The van der Waals surface area contributed by atoms with E-state index >= 15 is 0 Å². The van der Waals surface area contributed by atoms with E-state index in [-0.39, 0.29) is 12.1 Å². The van der Waals surface area contributed by atoms with Gasteiger partial charge in [0.2, 0.25) is 0 Å². The van der Waals surface area contributed by atoms with Crippen LogP contribution in [0.4, 0.5) is 4.39 Å². The van der Waals surface area contributed by atoms with Gasteiger partial charge in [-0.05, 0) is 24.6 Å². The Morgan fingerprint density at radius 3 is 2.56 bits per heavy atom. The summed E-state index contributed by atoms with van der Waals surface area (Å²) in [6.07, 6.45) is 0.634. The predicted octanol–water partition coefficient (Wildman–Crippen LogP) is 2.53. The molecule has 0 bridgehead atoms. The van der Waals surface area contributed by atoms with Gasteiger partial charge in [0.05, 0.1) is 0 Å². The fourth-order valence-electron chi connectivity index (χ4n) is 1.55. The van der Waals surface area contributed by atoms with E-state index < -0.39 is 17.7 Å². The van der Waals surface area contributed by atoms with Crippen molar-refractivity contribution >= 4 is 27.8 Å². The van der Waals surface area contributed by atoms with Crippen molar-refractivity contribution in [2.24, 2.45) is 0 Å². The maximum Gasteiger partial charge on any atom is 0.323 e. The molecule has 0 unspecified atom stereocenters. The summed E-state index contributed by atoms with van der Waals surface area (Å²) in [5.41, 5.74) is 0.136. The molecular formula is C12H13BrFNO3. The number of benzene rings is 1. The van der Waals surface area contributed by atoms with Crippen LogP contribution in [-0.2, 0) is 4.79 Å². The van der Waals surface area contributed by atoms with Gasteiger partial charge in [-0.2, -0.15) is 0 Å². The SMILES string of the molecule is CCCN(CC(=O)O)C(=O)c1cc(F)cc(Br)c1. The van der Waals surface area contributed by atoms with Crippen LogP contribution in [0.2, 0.25) is 0 Å². The minimum atomic E-state index is -1.09. The van der Waals surface area contributed by atoms with E-state index in [0.29, 0.717) is 17.4 Å². The second kappa shape index (κ2) is 6.49. The number of carbonyl (C=O) groups is 2. The van der Waals surface area contributed by atoms with E-state index in [9.17, 15) is 14.0 Å². The molecule has 1 aromatic carbocycles. The average Bonchev–Trinajstić information content (AvgIpc) is 2.25. The topological polar surface area (TPSA) is 57.6 Å². The monoisotopic (exact) mass is 317 g/mol. The first-order chi connectivity index (χ1) is 8.43. The van der Waals surface area contributed by atoms with Gasteiger partial charge >= 0.3 is 5.97 Å². The Morgan fingerprint density at radius 2 is 2.06 bits per heavy atom. The fraction of sp³-hybridized carbons (Fsp3) is 0.333. The molecular weight excluding hydrogens is 305 g/mol. The number of carboxylic acids is 1. The van der Waals surface area contributed by atoms with Crippen molar-refractivity contribution in [3.8, 4) is 0 Å². The van der Waals surface area contributed by atoms with Crippen LogP contribution in [0.3, 0.4) is 0 Å². The van der Waals surface area contributed by atoms with Gasteiger partial charge < -0.3 is 10.0 Å². The van der Waals surface area contributed by atoms with Crippen LogP contribution in [0.25, 0.3) is 0 Å². The van der Waals surface area contributed by atoms with E-state index in [1.807, 2.05) is 6.92 Å². The molecule has 0 aliphatic heterocycles. The Morgan fingerprint density at radius 1 is 1.39 bits per heavy atom. The number of nitrogens with zero attached hydrogens (tertiary/aromatic N) is 1. The number of amides is 1. The van der Waals surface area contributed by atoms with Crippen LogP contribution < -0.4 is 0 Å². The van der Waals surface area contributed by atoms with Gasteiger partial charge in [0, 0.05) is 16.6 Å². The van der Waals surface area contributed by atoms with Crippen LogP contribution in [0.1, 0.15) is 23.7 Å². The zero-order chi connectivity index (χ0) is 13.7. The number of aliphatic carboxylic acids is 1. The molecule has 0 aliphatic carbocycles. The summed E-state index contributed by atoms with van der Waals surface area (Å²) >= 11 is 3.09. The second-order valence-electron chi connectivity index (χ2n) is 3.78. The van der Waals surface area contributed by atoms with Gasteiger partial charge in [0.15, 0.2) is 0 Å². The van der Waals surface area contributed by atoms with E-state index in [0.717, 1.165) is 6.07 Å². The third-order valence-electron chi connectivity index (χ3n) is 2.22. The summed E-state index contributed by atoms with van der Waals surface area (Å²) in [4.78, 5) is 23.9.